The zero-order valence-corrected chi connectivity index (χ0v) is 13.3. The topological polar surface area (TPSA) is 97.5 Å². The van der Waals surface area contributed by atoms with Gasteiger partial charge in [-0.3, -0.25) is 9.35 Å². The van der Waals surface area contributed by atoms with E-state index in [9.17, 15) is 17.6 Å². The average Bonchev–Trinajstić information content (AvgIpc) is 2.46. The van der Waals surface area contributed by atoms with Crippen LogP contribution < -0.4 is 5.73 Å². The first-order chi connectivity index (χ1) is 10.7. The van der Waals surface area contributed by atoms with Gasteiger partial charge in [0.2, 0.25) is 0 Å². The first-order valence-electron chi connectivity index (χ1n) is 6.14. The fourth-order valence-electron chi connectivity index (χ4n) is 1.42. The van der Waals surface area contributed by atoms with Crippen LogP contribution in [-0.4, -0.2) is 18.9 Å². The van der Waals surface area contributed by atoms with Crippen molar-refractivity contribution in [2.24, 2.45) is 5.73 Å². The fourth-order valence-corrected chi connectivity index (χ4v) is 1.91. The van der Waals surface area contributed by atoms with Crippen molar-refractivity contribution in [3.8, 4) is 0 Å². The third-order valence-corrected chi connectivity index (χ3v) is 3.14. The number of hydrogen-bond donors (Lipinski definition) is 2. The van der Waals surface area contributed by atoms with Crippen LogP contribution in [-0.2, 0) is 10.1 Å². The SMILES string of the molecule is NC(=O)c1ccc(Cl)cc1F.O=S(=O)(O)C=Cc1ccccc1. The van der Waals surface area contributed by atoms with Gasteiger partial charge in [0.25, 0.3) is 16.0 Å². The number of hydrogen-bond acceptors (Lipinski definition) is 3. The van der Waals surface area contributed by atoms with Crippen molar-refractivity contribution >= 4 is 33.7 Å². The van der Waals surface area contributed by atoms with E-state index in [0.717, 1.165) is 17.0 Å². The van der Waals surface area contributed by atoms with Gasteiger partial charge in [0.05, 0.1) is 11.0 Å². The van der Waals surface area contributed by atoms with Gasteiger partial charge in [0.15, 0.2) is 0 Å². The van der Waals surface area contributed by atoms with Crippen LogP contribution in [0.15, 0.2) is 53.9 Å². The molecule has 2 aromatic carbocycles. The highest BCUT2D eigenvalue weighted by Crippen LogP contribution is 2.13. The Kier molecular flexibility index (Phi) is 6.89. The molecule has 0 heterocycles. The molecule has 1 amide bonds. The van der Waals surface area contributed by atoms with Crippen molar-refractivity contribution in [2.45, 2.75) is 0 Å². The Balaban J connectivity index is 0.000000231. The Morgan fingerprint density at radius 3 is 2.26 bits per heavy atom. The van der Waals surface area contributed by atoms with Gasteiger partial charge in [0.1, 0.15) is 5.82 Å². The van der Waals surface area contributed by atoms with Crippen LogP contribution in [0.4, 0.5) is 4.39 Å². The molecule has 8 heteroatoms. The van der Waals surface area contributed by atoms with Gasteiger partial charge in [-0.2, -0.15) is 8.42 Å². The number of halogens is 2. The summed E-state index contributed by atoms with van der Waals surface area (Å²) in [5.74, 6) is -1.48. The number of carbonyl (C=O) groups is 1. The van der Waals surface area contributed by atoms with E-state index in [-0.39, 0.29) is 10.6 Å². The Morgan fingerprint density at radius 1 is 1.17 bits per heavy atom. The van der Waals surface area contributed by atoms with Gasteiger partial charge in [-0.1, -0.05) is 41.9 Å². The van der Waals surface area contributed by atoms with Crippen LogP contribution in [0.5, 0.6) is 0 Å². The van der Waals surface area contributed by atoms with Crippen LogP contribution in [0, 0.1) is 5.82 Å². The summed E-state index contributed by atoms with van der Waals surface area (Å²) >= 11 is 5.43. The molecule has 0 radical (unpaired) electrons. The van der Waals surface area contributed by atoms with Crippen molar-refractivity contribution in [3.63, 3.8) is 0 Å². The van der Waals surface area contributed by atoms with Crippen LogP contribution in [0.2, 0.25) is 5.02 Å². The van der Waals surface area contributed by atoms with Crippen LogP contribution in [0.3, 0.4) is 0 Å². The number of primary amides is 1. The Labute approximate surface area is 137 Å². The van der Waals surface area contributed by atoms with E-state index < -0.39 is 21.8 Å². The molecule has 0 aliphatic rings. The first kappa shape index (κ1) is 18.8. The fraction of sp³-hybridized carbons (Fsp3) is 0. The molecule has 2 rings (SSSR count). The van der Waals surface area contributed by atoms with E-state index in [2.05, 4.69) is 0 Å². The number of benzene rings is 2. The van der Waals surface area contributed by atoms with Crippen molar-refractivity contribution in [1.29, 1.82) is 0 Å². The van der Waals surface area contributed by atoms with Gasteiger partial charge in [0, 0.05) is 5.02 Å². The van der Waals surface area contributed by atoms with Gasteiger partial charge in [-0.25, -0.2) is 4.39 Å². The summed E-state index contributed by atoms with van der Waals surface area (Å²) < 4.78 is 41.6. The molecule has 0 aliphatic carbocycles. The smallest absolute Gasteiger partial charge is 0.287 e. The summed E-state index contributed by atoms with van der Waals surface area (Å²) in [5.41, 5.74) is 5.43. The average molecular weight is 358 g/mol. The summed E-state index contributed by atoms with van der Waals surface area (Å²) in [6.45, 7) is 0. The second-order valence-electron chi connectivity index (χ2n) is 4.22. The van der Waals surface area contributed by atoms with E-state index >= 15 is 0 Å². The molecule has 2 aromatic rings. The molecular weight excluding hydrogens is 345 g/mol. The molecule has 0 fully saturated rings. The van der Waals surface area contributed by atoms with Crippen LogP contribution in [0.25, 0.3) is 6.08 Å². The van der Waals surface area contributed by atoms with Crippen molar-refractivity contribution in [1.82, 2.24) is 0 Å². The van der Waals surface area contributed by atoms with Gasteiger partial charge >= 0.3 is 0 Å². The van der Waals surface area contributed by atoms with E-state index in [4.69, 9.17) is 21.9 Å². The summed E-state index contributed by atoms with van der Waals surface area (Å²) in [5, 5.41) is 0.995. The van der Waals surface area contributed by atoms with Gasteiger partial charge < -0.3 is 5.73 Å². The van der Waals surface area contributed by atoms with Crippen molar-refractivity contribution in [2.75, 3.05) is 0 Å². The first-order valence-corrected chi connectivity index (χ1v) is 8.02. The zero-order chi connectivity index (χ0) is 17.5. The number of rotatable bonds is 3. The van der Waals surface area contributed by atoms with Crippen molar-refractivity contribution < 1.29 is 22.2 Å². The molecule has 0 spiro atoms. The predicted octanol–water partition coefficient (Wildman–Crippen LogP) is 3.12. The molecule has 0 atom stereocenters. The van der Waals surface area contributed by atoms with Crippen LogP contribution in [0.1, 0.15) is 15.9 Å². The summed E-state index contributed by atoms with van der Waals surface area (Å²) in [6, 6.07) is 12.6. The Morgan fingerprint density at radius 2 is 1.78 bits per heavy atom. The predicted molar refractivity (Wildman–Crippen MR) is 87.0 cm³/mol. The van der Waals surface area contributed by atoms with Crippen LogP contribution >= 0.6 is 11.6 Å². The van der Waals surface area contributed by atoms with E-state index in [1.807, 2.05) is 6.07 Å². The summed E-state index contributed by atoms with van der Waals surface area (Å²) in [4.78, 5) is 10.5. The molecule has 0 aliphatic heterocycles. The molecule has 0 unspecified atom stereocenters. The molecule has 23 heavy (non-hydrogen) atoms. The van der Waals surface area contributed by atoms with Gasteiger partial charge in [-0.05, 0) is 29.8 Å². The third kappa shape index (κ3) is 7.55. The number of amides is 1. The highest BCUT2D eigenvalue weighted by atomic mass is 35.5. The third-order valence-electron chi connectivity index (χ3n) is 2.43. The largest absolute Gasteiger partial charge is 0.366 e. The second kappa shape index (κ2) is 8.42. The Bertz CT molecular complexity index is 807. The molecule has 5 nitrogen and oxygen atoms in total. The molecule has 0 aromatic heterocycles. The lowest BCUT2D eigenvalue weighted by atomic mass is 10.2. The minimum Gasteiger partial charge on any atom is -0.366 e. The summed E-state index contributed by atoms with van der Waals surface area (Å²) in [7, 11) is -4.00. The van der Waals surface area contributed by atoms with E-state index in [0.29, 0.717) is 0 Å². The second-order valence-corrected chi connectivity index (χ2v) is 5.96. The summed E-state index contributed by atoms with van der Waals surface area (Å²) in [6.07, 6.45) is 1.33. The highest BCUT2D eigenvalue weighted by molar-refractivity contribution is 7.88. The highest BCUT2D eigenvalue weighted by Gasteiger charge is 2.06. The molecule has 0 bridgehead atoms. The molecule has 0 saturated carbocycles. The normalized spacial score (nSPS) is 10.9. The Hall–Kier alpha value is -2.22. The monoisotopic (exact) mass is 357 g/mol. The van der Waals surface area contributed by atoms with E-state index in [1.165, 1.54) is 18.2 Å². The standard InChI is InChI=1S/C8H8O3S.C7H5ClFNO/c9-12(10,11)7-6-8-4-2-1-3-5-8;8-4-1-2-5(7(10)11)6(9)3-4/h1-7H,(H,9,10,11);1-3H,(H2,10,11). The minimum absolute atomic E-state index is 0.144. The lowest BCUT2D eigenvalue weighted by Crippen LogP contribution is -2.12. The quantitative estimate of drug-likeness (QED) is 0.824. The molecule has 122 valence electrons. The maximum absolute atomic E-state index is 12.7. The number of carbonyl (C=O) groups excluding carboxylic acids is 1. The maximum Gasteiger partial charge on any atom is 0.287 e. The maximum atomic E-state index is 12.7. The molecule has 3 N–H and O–H groups in total. The lowest BCUT2D eigenvalue weighted by Gasteiger charge is -1.96. The van der Waals surface area contributed by atoms with Crippen molar-refractivity contribution in [3.05, 3.63) is 75.9 Å². The molecular formula is C15H13ClFNO4S. The molecule has 0 saturated heterocycles. The van der Waals surface area contributed by atoms with Gasteiger partial charge in [-0.15, -0.1) is 0 Å². The minimum atomic E-state index is -4.00. The lowest BCUT2D eigenvalue weighted by molar-refractivity contribution is 0.0996. The number of nitrogens with two attached hydrogens (primary N) is 1. The zero-order valence-electron chi connectivity index (χ0n) is 11.7. The van der Waals surface area contributed by atoms with E-state index in [1.54, 1.807) is 24.3 Å².